The molecule has 8 nitrogen and oxygen atoms in total. The number of piperidine rings is 1. The van der Waals surface area contributed by atoms with Crippen LogP contribution in [0, 0.1) is 6.92 Å². The van der Waals surface area contributed by atoms with Gasteiger partial charge < -0.3 is 9.64 Å². The van der Waals surface area contributed by atoms with Gasteiger partial charge in [0.15, 0.2) is 0 Å². The van der Waals surface area contributed by atoms with E-state index in [9.17, 15) is 4.79 Å². The number of carbonyl (C=O) groups excluding carboxylic acids is 1. The molecule has 1 aliphatic heterocycles. The Kier molecular flexibility index (Phi) is 4.86. The lowest BCUT2D eigenvalue weighted by Crippen LogP contribution is -2.38. The number of aryl methyl sites for hydroxylation is 1. The average Bonchev–Trinajstić information content (AvgIpc) is 3.38. The summed E-state index contributed by atoms with van der Waals surface area (Å²) in [6, 6.07) is 9.22. The summed E-state index contributed by atoms with van der Waals surface area (Å²) in [6.45, 7) is 2.71. The number of nitrogens with one attached hydrogen (secondary N) is 1. The smallest absolute Gasteiger partial charge is 0.258 e. The molecule has 2 aromatic heterocycles. The van der Waals surface area contributed by atoms with Crippen molar-refractivity contribution in [2.75, 3.05) is 6.54 Å². The van der Waals surface area contributed by atoms with E-state index in [0.29, 0.717) is 29.2 Å². The van der Waals surface area contributed by atoms with Crippen molar-refractivity contribution in [2.24, 2.45) is 0 Å². The van der Waals surface area contributed by atoms with Crippen molar-refractivity contribution >= 4 is 5.91 Å². The van der Waals surface area contributed by atoms with E-state index in [1.807, 2.05) is 23.1 Å². The Balaban J connectivity index is 1.57. The van der Waals surface area contributed by atoms with Gasteiger partial charge in [-0.3, -0.25) is 9.89 Å². The van der Waals surface area contributed by atoms with Gasteiger partial charge in [-0.1, -0.05) is 22.4 Å². The van der Waals surface area contributed by atoms with Crippen LogP contribution in [0.1, 0.15) is 52.7 Å². The zero-order valence-corrected chi connectivity index (χ0v) is 15.1. The molecule has 0 radical (unpaired) electrons. The zero-order valence-electron chi connectivity index (χ0n) is 15.1. The minimum atomic E-state index is -0.0418. The Labute approximate surface area is 156 Å². The number of amides is 1. The van der Waals surface area contributed by atoms with Gasteiger partial charge in [0.2, 0.25) is 0 Å². The zero-order chi connectivity index (χ0) is 18.6. The first-order chi connectivity index (χ1) is 13.2. The Hall–Kier alpha value is -3.16. The molecule has 1 amide bonds. The second kappa shape index (κ2) is 7.61. The predicted octanol–water partition coefficient (Wildman–Crippen LogP) is 3.05. The fourth-order valence-corrected chi connectivity index (χ4v) is 3.40. The normalized spacial score (nSPS) is 17.1. The lowest BCUT2D eigenvalue weighted by atomic mass is 9.98. The van der Waals surface area contributed by atoms with Gasteiger partial charge in [0.1, 0.15) is 23.7 Å². The summed E-state index contributed by atoms with van der Waals surface area (Å²) in [5.74, 6) is 0.485. The van der Waals surface area contributed by atoms with E-state index in [1.54, 1.807) is 25.3 Å². The fraction of sp³-hybridized carbons (Fsp3) is 0.368. The summed E-state index contributed by atoms with van der Waals surface area (Å²) in [5, 5.41) is 14.6. The predicted molar refractivity (Wildman–Crippen MR) is 96.0 cm³/mol. The number of carbonyl (C=O) groups is 1. The summed E-state index contributed by atoms with van der Waals surface area (Å²) < 4.78 is 10.6. The first kappa shape index (κ1) is 17.3. The number of aromatic nitrogens is 4. The number of hydrogen-bond donors (Lipinski definition) is 1. The largest absolute Gasteiger partial charge is 0.486 e. The molecule has 1 atom stereocenters. The SMILES string of the molecule is Cc1nonc1COc1ccccc1C(=O)N1CCCC[C@H]1c1ccn[nH]1. The van der Waals surface area contributed by atoms with E-state index in [1.165, 1.54) is 0 Å². The molecule has 27 heavy (non-hydrogen) atoms. The monoisotopic (exact) mass is 367 g/mol. The molecular formula is C19H21N5O3. The maximum Gasteiger partial charge on any atom is 0.258 e. The highest BCUT2D eigenvalue weighted by molar-refractivity contribution is 5.97. The second-order valence-corrected chi connectivity index (χ2v) is 6.60. The molecule has 1 aromatic carbocycles. The molecule has 1 aliphatic rings. The van der Waals surface area contributed by atoms with Crippen LogP contribution in [0.4, 0.5) is 0 Å². The first-order valence-electron chi connectivity index (χ1n) is 9.04. The van der Waals surface area contributed by atoms with Crippen molar-refractivity contribution in [1.29, 1.82) is 0 Å². The molecule has 3 aromatic rings. The highest BCUT2D eigenvalue weighted by atomic mass is 16.6. The third-order valence-electron chi connectivity index (χ3n) is 4.87. The standard InChI is InChI=1S/C19H21N5O3/c1-13-16(23-27-22-13)12-26-18-8-3-2-6-14(18)19(25)24-11-5-4-7-17(24)15-9-10-20-21-15/h2-3,6,8-10,17H,4-5,7,11-12H2,1H3,(H,20,21)/t17-/m0/s1. The molecule has 0 aliphatic carbocycles. The number of ether oxygens (including phenoxy) is 1. The van der Waals surface area contributed by atoms with Crippen molar-refractivity contribution in [3.05, 3.63) is 59.2 Å². The van der Waals surface area contributed by atoms with Crippen molar-refractivity contribution in [1.82, 2.24) is 25.4 Å². The van der Waals surface area contributed by atoms with Gasteiger partial charge in [-0.2, -0.15) is 5.10 Å². The molecule has 0 spiro atoms. The maximum atomic E-state index is 13.3. The van der Waals surface area contributed by atoms with Crippen LogP contribution in [0.15, 0.2) is 41.2 Å². The van der Waals surface area contributed by atoms with E-state index in [4.69, 9.17) is 9.37 Å². The molecule has 0 unspecified atom stereocenters. The van der Waals surface area contributed by atoms with Gasteiger partial charge in [-0.05, 0) is 44.4 Å². The van der Waals surface area contributed by atoms with Crippen molar-refractivity contribution in [3.8, 4) is 5.75 Å². The quantitative estimate of drug-likeness (QED) is 0.744. The number of nitrogens with zero attached hydrogens (tertiary/aromatic N) is 4. The molecule has 0 bridgehead atoms. The molecule has 1 fully saturated rings. The summed E-state index contributed by atoms with van der Waals surface area (Å²) in [5.41, 5.74) is 2.79. The molecule has 4 rings (SSSR count). The minimum absolute atomic E-state index is 0.00351. The van der Waals surface area contributed by atoms with Crippen molar-refractivity contribution in [2.45, 2.75) is 38.8 Å². The molecule has 140 valence electrons. The van der Waals surface area contributed by atoms with Crippen LogP contribution in [0.25, 0.3) is 0 Å². The second-order valence-electron chi connectivity index (χ2n) is 6.60. The van der Waals surface area contributed by atoms with E-state index in [2.05, 4.69) is 20.5 Å². The molecule has 0 saturated carbocycles. The topological polar surface area (TPSA) is 97.1 Å². The van der Waals surface area contributed by atoms with Crippen LogP contribution < -0.4 is 4.74 Å². The van der Waals surface area contributed by atoms with Crippen LogP contribution in [-0.2, 0) is 6.61 Å². The summed E-state index contributed by atoms with van der Waals surface area (Å²) in [4.78, 5) is 15.2. The van der Waals surface area contributed by atoms with Gasteiger partial charge in [0.25, 0.3) is 5.91 Å². The number of benzene rings is 1. The van der Waals surface area contributed by atoms with Crippen molar-refractivity contribution < 1.29 is 14.2 Å². The van der Waals surface area contributed by atoms with Crippen LogP contribution >= 0.6 is 0 Å². The number of para-hydroxylation sites is 1. The third-order valence-corrected chi connectivity index (χ3v) is 4.87. The van der Waals surface area contributed by atoms with Crippen LogP contribution in [0.5, 0.6) is 5.75 Å². The fourth-order valence-electron chi connectivity index (χ4n) is 3.40. The van der Waals surface area contributed by atoms with Crippen LogP contribution in [0.2, 0.25) is 0 Å². The van der Waals surface area contributed by atoms with E-state index in [-0.39, 0.29) is 18.6 Å². The van der Waals surface area contributed by atoms with E-state index >= 15 is 0 Å². The highest BCUT2D eigenvalue weighted by Crippen LogP contribution is 2.32. The average molecular weight is 367 g/mol. The number of H-pyrrole nitrogens is 1. The molecule has 8 heteroatoms. The summed E-state index contributed by atoms with van der Waals surface area (Å²) in [7, 11) is 0. The molecule has 1 saturated heterocycles. The van der Waals surface area contributed by atoms with Gasteiger partial charge >= 0.3 is 0 Å². The Morgan fingerprint density at radius 1 is 1.30 bits per heavy atom. The third kappa shape index (κ3) is 3.55. The lowest BCUT2D eigenvalue weighted by molar-refractivity contribution is 0.0601. The van der Waals surface area contributed by atoms with Crippen molar-refractivity contribution in [3.63, 3.8) is 0 Å². The number of aromatic amines is 1. The molecule has 1 N–H and O–H groups in total. The van der Waals surface area contributed by atoms with Crippen LogP contribution in [-0.4, -0.2) is 37.9 Å². The Morgan fingerprint density at radius 3 is 2.96 bits per heavy atom. The first-order valence-corrected chi connectivity index (χ1v) is 9.04. The van der Waals surface area contributed by atoms with E-state index < -0.39 is 0 Å². The summed E-state index contributed by atoms with van der Waals surface area (Å²) in [6.07, 6.45) is 4.71. The number of likely N-dealkylation sites (tertiary alicyclic amines) is 1. The van der Waals surface area contributed by atoms with Gasteiger partial charge in [-0.15, -0.1) is 0 Å². The maximum absolute atomic E-state index is 13.3. The molecule has 3 heterocycles. The van der Waals surface area contributed by atoms with Gasteiger partial charge in [0.05, 0.1) is 17.3 Å². The van der Waals surface area contributed by atoms with E-state index in [0.717, 1.165) is 25.0 Å². The minimum Gasteiger partial charge on any atom is -0.486 e. The van der Waals surface area contributed by atoms with Gasteiger partial charge in [-0.25, -0.2) is 4.63 Å². The lowest BCUT2D eigenvalue weighted by Gasteiger charge is -2.35. The molecular weight excluding hydrogens is 346 g/mol. The Bertz CT molecular complexity index is 906. The van der Waals surface area contributed by atoms with Crippen LogP contribution in [0.3, 0.4) is 0 Å². The Morgan fingerprint density at radius 2 is 2.19 bits per heavy atom. The number of rotatable bonds is 5. The summed E-state index contributed by atoms with van der Waals surface area (Å²) >= 11 is 0. The number of hydrogen-bond acceptors (Lipinski definition) is 6. The highest BCUT2D eigenvalue weighted by Gasteiger charge is 2.30. The van der Waals surface area contributed by atoms with Gasteiger partial charge in [0, 0.05) is 12.7 Å².